The van der Waals surface area contributed by atoms with Crippen LogP contribution >= 0.6 is 0 Å². The van der Waals surface area contributed by atoms with Crippen LogP contribution in [0.3, 0.4) is 0 Å². The van der Waals surface area contributed by atoms with Gasteiger partial charge in [-0.15, -0.1) is 0 Å². The maximum absolute atomic E-state index is 13.0. The highest BCUT2D eigenvalue weighted by molar-refractivity contribution is 6.10. The Morgan fingerprint density at radius 1 is 1.08 bits per heavy atom. The topological polar surface area (TPSA) is 39.2 Å². The van der Waals surface area contributed by atoms with E-state index in [1.54, 1.807) is 35.9 Å². The molecule has 0 radical (unpaired) electrons. The van der Waals surface area contributed by atoms with E-state index in [0.29, 0.717) is 28.2 Å². The largest absolute Gasteiger partial charge is 0.288 e. The lowest BCUT2D eigenvalue weighted by Gasteiger charge is -2.05. The predicted octanol–water partition coefficient (Wildman–Crippen LogP) is 4.41. The van der Waals surface area contributed by atoms with Crippen LogP contribution in [0.1, 0.15) is 27.3 Å². The lowest BCUT2D eigenvalue weighted by atomic mass is 10.0. The Morgan fingerprint density at radius 3 is 2.29 bits per heavy atom. The molecule has 2 aromatic carbocycles. The van der Waals surface area contributed by atoms with Gasteiger partial charge in [-0.3, -0.25) is 4.79 Å². The van der Waals surface area contributed by atoms with E-state index in [-0.39, 0.29) is 11.6 Å². The van der Waals surface area contributed by atoms with Gasteiger partial charge in [-0.2, -0.15) is 5.10 Å². The number of halogens is 1. The minimum atomic E-state index is -0.379. The first-order valence-electron chi connectivity index (χ1n) is 7.35. The molecule has 0 aliphatic rings. The third-order valence-corrected chi connectivity index (χ3v) is 3.85. The summed E-state index contributed by atoms with van der Waals surface area (Å²) in [6.07, 6.45) is 0. The van der Waals surface area contributed by atoms with Crippen molar-refractivity contribution < 1.29 is 9.18 Å². The van der Waals surface area contributed by atoms with E-state index in [1.165, 1.54) is 24.3 Å². The lowest BCUT2D eigenvalue weighted by Crippen LogP contribution is -2.05. The van der Waals surface area contributed by atoms with Gasteiger partial charge in [0.05, 0.1) is 29.2 Å². The molecule has 5 heteroatoms. The SMILES string of the molecule is [C-]#[N+]c1ccc(-n2nc(C)c(C(=O)c3ccc(F)cc3)c2C)cc1. The molecule has 0 amide bonds. The molecule has 0 saturated carbocycles. The summed E-state index contributed by atoms with van der Waals surface area (Å²) in [6, 6.07) is 12.5. The molecular formula is C19H14FN3O. The maximum Gasteiger partial charge on any atom is 0.196 e. The molecule has 24 heavy (non-hydrogen) atoms. The molecule has 0 aliphatic heterocycles. The van der Waals surface area contributed by atoms with E-state index < -0.39 is 0 Å². The van der Waals surface area contributed by atoms with Gasteiger partial charge in [-0.05, 0) is 50.2 Å². The minimum Gasteiger partial charge on any atom is -0.288 e. The molecule has 1 aromatic heterocycles. The molecule has 4 nitrogen and oxygen atoms in total. The van der Waals surface area contributed by atoms with Crippen molar-refractivity contribution in [1.82, 2.24) is 9.78 Å². The molecule has 0 spiro atoms. The van der Waals surface area contributed by atoms with Gasteiger partial charge in [0.1, 0.15) is 5.82 Å². The Balaban J connectivity index is 2.04. The van der Waals surface area contributed by atoms with E-state index >= 15 is 0 Å². The second-order valence-electron chi connectivity index (χ2n) is 5.42. The highest BCUT2D eigenvalue weighted by Gasteiger charge is 2.20. The quantitative estimate of drug-likeness (QED) is 0.530. The van der Waals surface area contributed by atoms with E-state index in [0.717, 1.165) is 5.69 Å². The van der Waals surface area contributed by atoms with Gasteiger partial charge in [-0.1, -0.05) is 12.1 Å². The van der Waals surface area contributed by atoms with Crippen molar-refractivity contribution in [1.29, 1.82) is 0 Å². The first kappa shape index (κ1) is 15.6. The maximum atomic E-state index is 13.0. The van der Waals surface area contributed by atoms with Crippen LogP contribution < -0.4 is 0 Å². The molecule has 0 bridgehead atoms. The van der Waals surface area contributed by atoms with Crippen LogP contribution in [0, 0.1) is 26.2 Å². The minimum absolute atomic E-state index is 0.186. The molecular weight excluding hydrogens is 305 g/mol. The smallest absolute Gasteiger partial charge is 0.196 e. The average Bonchev–Trinajstić information content (AvgIpc) is 2.89. The Morgan fingerprint density at radius 2 is 1.71 bits per heavy atom. The van der Waals surface area contributed by atoms with Crippen molar-refractivity contribution >= 4 is 11.5 Å². The van der Waals surface area contributed by atoms with Crippen molar-refractivity contribution in [2.24, 2.45) is 0 Å². The molecule has 0 aliphatic carbocycles. The molecule has 0 saturated heterocycles. The van der Waals surface area contributed by atoms with Gasteiger partial charge >= 0.3 is 0 Å². The summed E-state index contributed by atoms with van der Waals surface area (Å²) in [7, 11) is 0. The van der Waals surface area contributed by atoms with Gasteiger partial charge in [0.15, 0.2) is 11.5 Å². The second-order valence-corrected chi connectivity index (χ2v) is 5.42. The average molecular weight is 319 g/mol. The molecule has 3 aromatic rings. The lowest BCUT2D eigenvalue weighted by molar-refractivity contribution is 0.103. The van der Waals surface area contributed by atoms with Crippen LogP contribution in [0.25, 0.3) is 10.5 Å². The third kappa shape index (κ3) is 2.70. The van der Waals surface area contributed by atoms with Crippen LogP contribution in [0.2, 0.25) is 0 Å². The Labute approximate surface area is 139 Å². The van der Waals surface area contributed by atoms with Crippen LogP contribution in [-0.2, 0) is 0 Å². The van der Waals surface area contributed by atoms with Gasteiger partial charge in [-0.25, -0.2) is 13.9 Å². The van der Waals surface area contributed by atoms with E-state index in [2.05, 4.69) is 9.94 Å². The zero-order valence-electron chi connectivity index (χ0n) is 13.2. The summed E-state index contributed by atoms with van der Waals surface area (Å²) in [5.74, 6) is -0.565. The highest BCUT2D eigenvalue weighted by Crippen LogP contribution is 2.23. The fourth-order valence-corrected chi connectivity index (χ4v) is 2.64. The molecule has 118 valence electrons. The van der Waals surface area contributed by atoms with E-state index in [9.17, 15) is 9.18 Å². The zero-order chi connectivity index (χ0) is 17.3. The van der Waals surface area contributed by atoms with Crippen LogP contribution in [0.15, 0.2) is 48.5 Å². The molecule has 0 fully saturated rings. The van der Waals surface area contributed by atoms with E-state index in [4.69, 9.17) is 6.57 Å². The van der Waals surface area contributed by atoms with Gasteiger partial charge in [0.2, 0.25) is 0 Å². The van der Waals surface area contributed by atoms with Crippen molar-refractivity contribution in [3.63, 3.8) is 0 Å². The summed E-state index contributed by atoms with van der Waals surface area (Å²) in [5, 5.41) is 4.44. The summed E-state index contributed by atoms with van der Waals surface area (Å²) in [4.78, 5) is 16.1. The van der Waals surface area contributed by atoms with E-state index in [1.807, 2.05) is 6.92 Å². The number of ketones is 1. The second kappa shape index (κ2) is 6.09. The van der Waals surface area contributed by atoms with Crippen molar-refractivity contribution in [3.8, 4) is 5.69 Å². The normalized spacial score (nSPS) is 10.4. The monoisotopic (exact) mass is 319 g/mol. The van der Waals surface area contributed by atoms with Crippen molar-refractivity contribution in [2.45, 2.75) is 13.8 Å². The fraction of sp³-hybridized carbons (Fsp3) is 0.105. The van der Waals surface area contributed by atoms with Gasteiger partial charge in [0.25, 0.3) is 0 Å². The fourth-order valence-electron chi connectivity index (χ4n) is 2.64. The first-order chi connectivity index (χ1) is 11.5. The number of aromatic nitrogens is 2. The summed E-state index contributed by atoms with van der Waals surface area (Å²) >= 11 is 0. The first-order valence-corrected chi connectivity index (χ1v) is 7.35. The number of aryl methyl sites for hydroxylation is 1. The molecule has 0 unspecified atom stereocenters. The number of carbonyl (C=O) groups is 1. The van der Waals surface area contributed by atoms with Crippen molar-refractivity contribution in [3.05, 3.63) is 88.3 Å². The molecule has 3 rings (SSSR count). The summed E-state index contributed by atoms with van der Waals surface area (Å²) in [6.45, 7) is 10.6. The molecule has 0 N–H and O–H groups in total. The third-order valence-electron chi connectivity index (χ3n) is 3.85. The van der Waals surface area contributed by atoms with Gasteiger partial charge in [0, 0.05) is 5.56 Å². The van der Waals surface area contributed by atoms with Crippen molar-refractivity contribution in [2.75, 3.05) is 0 Å². The predicted molar refractivity (Wildman–Crippen MR) is 89.1 cm³/mol. The summed E-state index contributed by atoms with van der Waals surface area (Å²) in [5.41, 5.74) is 3.57. The molecule has 0 atom stereocenters. The molecule has 1 heterocycles. The standard InChI is InChI=1S/C19H14FN3O/c1-12-18(19(24)14-4-6-15(20)7-5-14)13(2)23(22-12)17-10-8-16(21-3)9-11-17/h4-11H,1-2H3. The number of rotatable bonds is 3. The number of carbonyl (C=O) groups excluding carboxylic acids is 1. The zero-order valence-corrected chi connectivity index (χ0v) is 13.2. The number of nitrogens with zero attached hydrogens (tertiary/aromatic N) is 3. The number of hydrogen-bond acceptors (Lipinski definition) is 2. The Bertz CT molecular complexity index is 948. The van der Waals surface area contributed by atoms with Crippen LogP contribution in [0.4, 0.5) is 10.1 Å². The summed E-state index contributed by atoms with van der Waals surface area (Å²) < 4.78 is 14.7. The van der Waals surface area contributed by atoms with Crippen LogP contribution in [0.5, 0.6) is 0 Å². The van der Waals surface area contributed by atoms with Crippen LogP contribution in [-0.4, -0.2) is 15.6 Å². The Hall–Kier alpha value is -3.26. The highest BCUT2D eigenvalue weighted by atomic mass is 19.1. The number of benzene rings is 2. The van der Waals surface area contributed by atoms with Gasteiger partial charge < -0.3 is 0 Å². The Kier molecular flexibility index (Phi) is 3.97. The number of hydrogen-bond donors (Lipinski definition) is 0.